The highest BCUT2D eigenvalue weighted by Crippen LogP contribution is 2.32. The number of hydrazone groups is 1. The highest BCUT2D eigenvalue weighted by atomic mass is 35.5. The maximum absolute atomic E-state index is 6.16. The molecule has 0 atom stereocenters. The molecule has 9 heteroatoms. The number of halogens is 2. The van der Waals surface area contributed by atoms with Crippen molar-refractivity contribution in [1.82, 2.24) is 4.98 Å². The number of rotatable bonds is 7. The van der Waals surface area contributed by atoms with E-state index in [1.165, 1.54) is 11.3 Å². The van der Waals surface area contributed by atoms with Crippen molar-refractivity contribution in [2.75, 3.05) is 18.3 Å². The smallest absolute Gasteiger partial charge is 0.205 e. The predicted molar refractivity (Wildman–Crippen MR) is 112 cm³/mol. The Bertz CT molecular complexity index is 962. The first kappa shape index (κ1) is 19.3. The van der Waals surface area contributed by atoms with E-state index in [1.807, 2.05) is 18.2 Å². The van der Waals surface area contributed by atoms with Crippen LogP contribution in [0.2, 0.25) is 10.0 Å². The zero-order chi connectivity index (χ0) is 19.2. The fourth-order valence-corrected chi connectivity index (χ4v) is 3.14. The number of hydrogen-bond acceptors (Lipinski definition) is 7. The molecule has 0 aliphatic heterocycles. The largest absolute Gasteiger partial charge is 0.496 e. The van der Waals surface area contributed by atoms with Crippen LogP contribution in [0.5, 0.6) is 11.5 Å². The van der Waals surface area contributed by atoms with E-state index in [-0.39, 0.29) is 6.61 Å². The number of ether oxygens (including phenoxy) is 2. The Morgan fingerprint density at radius 3 is 2.85 bits per heavy atom. The lowest BCUT2D eigenvalue weighted by Gasteiger charge is -2.12. The number of methoxy groups -OCH3 is 1. The van der Waals surface area contributed by atoms with Gasteiger partial charge in [0.15, 0.2) is 0 Å². The van der Waals surface area contributed by atoms with Crippen molar-refractivity contribution < 1.29 is 9.47 Å². The molecule has 0 bridgehead atoms. The third kappa shape index (κ3) is 5.03. The van der Waals surface area contributed by atoms with Crippen LogP contribution >= 0.6 is 34.5 Å². The van der Waals surface area contributed by atoms with Crippen molar-refractivity contribution in [2.45, 2.75) is 6.61 Å². The van der Waals surface area contributed by atoms with E-state index < -0.39 is 0 Å². The molecule has 0 fully saturated rings. The van der Waals surface area contributed by atoms with Gasteiger partial charge in [-0.3, -0.25) is 5.43 Å². The molecular formula is C18H16Cl2N4O2S. The van der Waals surface area contributed by atoms with E-state index in [2.05, 4.69) is 15.5 Å². The van der Waals surface area contributed by atoms with E-state index >= 15 is 0 Å². The zero-order valence-corrected chi connectivity index (χ0v) is 16.6. The molecule has 3 aromatic rings. The SMILES string of the molecule is COc1ccc(C=NNc2nc(N)cs2)cc1COc1cccc(Cl)c1Cl. The number of anilines is 2. The maximum Gasteiger partial charge on any atom is 0.205 e. The number of hydrogen-bond donors (Lipinski definition) is 2. The molecular weight excluding hydrogens is 407 g/mol. The Hall–Kier alpha value is -2.48. The minimum absolute atomic E-state index is 0.265. The van der Waals surface area contributed by atoms with Gasteiger partial charge in [-0.25, -0.2) is 4.98 Å². The van der Waals surface area contributed by atoms with Gasteiger partial charge in [0.2, 0.25) is 5.13 Å². The van der Waals surface area contributed by atoms with Crippen molar-refractivity contribution in [2.24, 2.45) is 5.10 Å². The molecule has 0 saturated heterocycles. The first-order valence-electron chi connectivity index (χ1n) is 7.80. The van der Waals surface area contributed by atoms with Gasteiger partial charge in [0.1, 0.15) is 28.9 Å². The molecule has 0 saturated carbocycles. The van der Waals surface area contributed by atoms with Crippen LogP contribution in [0.3, 0.4) is 0 Å². The second-order valence-electron chi connectivity index (χ2n) is 5.36. The molecule has 3 rings (SSSR count). The van der Waals surface area contributed by atoms with Gasteiger partial charge in [-0.05, 0) is 35.9 Å². The van der Waals surface area contributed by atoms with Crippen molar-refractivity contribution in [3.8, 4) is 11.5 Å². The number of nitrogens with two attached hydrogens (primary N) is 1. The normalized spacial score (nSPS) is 10.9. The summed E-state index contributed by atoms with van der Waals surface area (Å²) in [6.45, 7) is 0.265. The molecule has 0 spiro atoms. The third-order valence-corrected chi connectivity index (χ3v) is 5.07. The first-order valence-corrected chi connectivity index (χ1v) is 9.44. The highest BCUT2D eigenvalue weighted by molar-refractivity contribution is 7.14. The molecule has 0 unspecified atom stereocenters. The standard InChI is InChI=1S/C18H16Cl2N4O2S/c1-25-14-6-5-11(8-22-24-18-23-16(21)10-27-18)7-12(14)9-26-15-4-2-3-13(19)17(15)20/h2-8,10H,9,21H2,1H3,(H,23,24). The molecule has 3 N–H and O–H groups in total. The molecule has 6 nitrogen and oxygen atoms in total. The van der Waals surface area contributed by atoms with Crippen LogP contribution in [0.1, 0.15) is 11.1 Å². The molecule has 0 aliphatic rings. The van der Waals surface area contributed by atoms with Crippen molar-refractivity contribution >= 4 is 51.7 Å². The quantitative estimate of drug-likeness (QED) is 0.410. The van der Waals surface area contributed by atoms with Crippen LogP contribution < -0.4 is 20.6 Å². The first-order chi connectivity index (χ1) is 13.1. The van der Waals surface area contributed by atoms with Gasteiger partial charge in [-0.15, -0.1) is 11.3 Å². The van der Waals surface area contributed by atoms with Gasteiger partial charge >= 0.3 is 0 Å². The topological polar surface area (TPSA) is 81.8 Å². The maximum atomic E-state index is 6.16. The van der Waals surface area contributed by atoms with E-state index in [9.17, 15) is 0 Å². The lowest BCUT2D eigenvalue weighted by Crippen LogP contribution is -2.01. The highest BCUT2D eigenvalue weighted by Gasteiger charge is 2.09. The monoisotopic (exact) mass is 422 g/mol. The van der Waals surface area contributed by atoms with E-state index in [0.29, 0.717) is 32.5 Å². The number of nitrogens with one attached hydrogen (secondary N) is 1. The number of nitrogen functional groups attached to an aromatic ring is 1. The number of benzene rings is 2. The fourth-order valence-electron chi connectivity index (χ4n) is 2.24. The summed E-state index contributed by atoms with van der Waals surface area (Å²) in [5, 5.41) is 7.34. The van der Waals surface area contributed by atoms with E-state index in [0.717, 1.165) is 11.1 Å². The lowest BCUT2D eigenvalue weighted by atomic mass is 10.1. The van der Waals surface area contributed by atoms with Crippen LogP contribution in [-0.4, -0.2) is 18.3 Å². The zero-order valence-electron chi connectivity index (χ0n) is 14.3. The number of aromatic nitrogens is 1. The summed E-state index contributed by atoms with van der Waals surface area (Å²) in [6.07, 6.45) is 1.67. The Labute approximate surface area is 170 Å². The molecule has 0 aliphatic carbocycles. The second kappa shape index (κ2) is 8.94. The summed E-state index contributed by atoms with van der Waals surface area (Å²) in [5.41, 5.74) is 10.1. The summed E-state index contributed by atoms with van der Waals surface area (Å²) < 4.78 is 11.2. The molecule has 1 aromatic heterocycles. The summed E-state index contributed by atoms with van der Waals surface area (Å²) in [6, 6.07) is 10.9. The van der Waals surface area contributed by atoms with Gasteiger partial charge in [0, 0.05) is 10.9 Å². The molecule has 140 valence electrons. The Morgan fingerprint density at radius 1 is 1.26 bits per heavy atom. The van der Waals surface area contributed by atoms with E-state index in [4.69, 9.17) is 38.4 Å². The fraction of sp³-hybridized carbons (Fsp3) is 0.111. The van der Waals surface area contributed by atoms with E-state index in [1.54, 1.807) is 36.9 Å². The van der Waals surface area contributed by atoms with Crippen molar-refractivity contribution in [3.63, 3.8) is 0 Å². The summed E-state index contributed by atoms with van der Waals surface area (Å²) in [4.78, 5) is 4.07. The van der Waals surface area contributed by atoms with Gasteiger partial charge in [0.25, 0.3) is 0 Å². The Kier molecular flexibility index (Phi) is 6.39. The molecule has 27 heavy (non-hydrogen) atoms. The van der Waals surface area contributed by atoms with Gasteiger partial charge in [-0.1, -0.05) is 29.3 Å². The lowest BCUT2D eigenvalue weighted by molar-refractivity contribution is 0.297. The summed E-state index contributed by atoms with van der Waals surface area (Å²) in [5.74, 6) is 1.67. The average molecular weight is 423 g/mol. The van der Waals surface area contributed by atoms with Gasteiger partial charge < -0.3 is 15.2 Å². The van der Waals surface area contributed by atoms with Crippen LogP contribution in [-0.2, 0) is 6.61 Å². The van der Waals surface area contributed by atoms with Gasteiger partial charge in [0.05, 0.1) is 18.3 Å². The average Bonchev–Trinajstić information content (AvgIpc) is 3.08. The minimum Gasteiger partial charge on any atom is -0.496 e. The minimum atomic E-state index is 0.265. The van der Waals surface area contributed by atoms with Crippen molar-refractivity contribution in [1.29, 1.82) is 0 Å². The number of thiazole rings is 1. The predicted octanol–water partition coefficient (Wildman–Crippen LogP) is 5.07. The van der Waals surface area contributed by atoms with Crippen LogP contribution in [0.4, 0.5) is 10.9 Å². The molecule has 2 aromatic carbocycles. The van der Waals surface area contributed by atoms with Crippen LogP contribution in [0.15, 0.2) is 46.9 Å². The Balaban J connectivity index is 1.72. The molecule has 0 radical (unpaired) electrons. The van der Waals surface area contributed by atoms with Crippen molar-refractivity contribution in [3.05, 3.63) is 63.0 Å². The number of nitrogens with zero attached hydrogens (tertiary/aromatic N) is 2. The summed E-state index contributed by atoms with van der Waals surface area (Å²) >= 11 is 13.6. The third-order valence-electron chi connectivity index (χ3n) is 3.50. The van der Waals surface area contributed by atoms with Gasteiger partial charge in [-0.2, -0.15) is 5.10 Å². The molecule has 0 amide bonds. The van der Waals surface area contributed by atoms with Crippen LogP contribution in [0.25, 0.3) is 0 Å². The second-order valence-corrected chi connectivity index (χ2v) is 7.00. The molecule has 1 heterocycles. The summed E-state index contributed by atoms with van der Waals surface area (Å²) in [7, 11) is 1.60. The Morgan fingerprint density at radius 2 is 2.11 bits per heavy atom. The van der Waals surface area contributed by atoms with Crippen LogP contribution in [0, 0.1) is 0 Å².